The van der Waals surface area contributed by atoms with Gasteiger partial charge in [0, 0.05) is 6.04 Å². The van der Waals surface area contributed by atoms with Crippen LogP contribution in [0.4, 0.5) is 0 Å². The predicted octanol–water partition coefficient (Wildman–Crippen LogP) is 1.04. The number of rotatable bonds is 7. The van der Waals surface area contributed by atoms with Crippen molar-refractivity contribution in [2.75, 3.05) is 13.1 Å². The third-order valence-corrected chi connectivity index (χ3v) is 2.89. The first-order chi connectivity index (χ1) is 6.84. The zero-order valence-corrected chi connectivity index (χ0v) is 8.72. The average molecular weight is 196 g/mol. The average Bonchev–Trinajstić information content (AvgIpc) is 2.97. The van der Waals surface area contributed by atoms with Gasteiger partial charge in [0.2, 0.25) is 5.91 Å². The molecule has 0 unspecified atom stereocenters. The smallest absolute Gasteiger partial charge is 0.234 e. The number of nitrogens with one attached hydrogen (secondary N) is 2. The number of carbonyl (C=O) groups is 1. The van der Waals surface area contributed by atoms with E-state index in [0.29, 0.717) is 12.6 Å². The summed E-state index contributed by atoms with van der Waals surface area (Å²) >= 11 is 0. The molecule has 0 radical (unpaired) electrons. The quantitative estimate of drug-likeness (QED) is 0.597. The maximum absolute atomic E-state index is 11.2. The van der Waals surface area contributed by atoms with Crippen LogP contribution in [0, 0.1) is 5.92 Å². The monoisotopic (exact) mass is 196 g/mol. The molecule has 3 heteroatoms. The van der Waals surface area contributed by atoms with E-state index in [9.17, 15) is 4.79 Å². The molecule has 0 spiro atoms. The molecule has 3 nitrogen and oxygen atoms in total. The van der Waals surface area contributed by atoms with Crippen LogP contribution in [0.25, 0.3) is 0 Å². The molecule has 0 heterocycles. The summed E-state index contributed by atoms with van der Waals surface area (Å²) in [6.07, 6.45) is 7.78. The van der Waals surface area contributed by atoms with E-state index in [1.807, 2.05) is 0 Å². The maximum Gasteiger partial charge on any atom is 0.234 e. The minimum atomic E-state index is 0.166. The van der Waals surface area contributed by atoms with Crippen molar-refractivity contribution in [2.45, 2.75) is 44.6 Å². The van der Waals surface area contributed by atoms with Crippen LogP contribution in [0.3, 0.4) is 0 Å². The molecule has 80 valence electrons. The van der Waals surface area contributed by atoms with Crippen molar-refractivity contribution < 1.29 is 4.79 Å². The van der Waals surface area contributed by atoms with Gasteiger partial charge >= 0.3 is 0 Å². The fourth-order valence-corrected chi connectivity index (χ4v) is 1.63. The first-order valence-corrected chi connectivity index (χ1v) is 5.84. The molecule has 1 amide bonds. The zero-order valence-electron chi connectivity index (χ0n) is 8.72. The first kappa shape index (κ1) is 9.97. The number of hydrogen-bond donors (Lipinski definition) is 2. The van der Waals surface area contributed by atoms with E-state index in [4.69, 9.17) is 0 Å². The van der Waals surface area contributed by atoms with Crippen LogP contribution in [-0.2, 0) is 4.79 Å². The first-order valence-electron chi connectivity index (χ1n) is 5.84. The van der Waals surface area contributed by atoms with Crippen molar-refractivity contribution in [3.8, 4) is 0 Å². The molecule has 0 bridgehead atoms. The van der Waals surface area contributed by atoms with E-state index in [0.717, 1.165) is 12.5 Å². The summed E-state index contributed by atoms with van der Waals surface area (Å²) in [5.74, 6) is 1.18. The summed E-state index contributed by atoms with van der Waals surface area (Å²) in [6.45, 7) is 1.50. The van der Waals surface area contributed by atoms with Gasteiger partial charge < -0.3 is 10.6 Å². The molecular formula is C11H20N2O. The van der Waals surface area contributed by atoms with E-state index in [1.54, 1.807) is 0 Å². The van der Waals surface area contributed by atoms with Crippen molar-refractivity contribution in [1.29, 1.82) is 0 Å². The molecule has 0 saturated heterocycles. The second-order valence-corrected chi connectivity index (χ2v) is 4.60. The lowest BCUT2D eigenvalue weighted by molar-refractivity contribution is -0.120. The Morgan fingerprint density at radius 1 is 1.21 bits per heavy atom. The Hall–Kier alpha value is -0.570. The van der Waals surface area contributed by atoms with E-state index in [2.05, 4.69) is 10.6 Å². The second-order valence-electron chi connectivity index (χ2n) is 4.60. The molecular weight excluding hydrogens is 176 g/mol. The Kier molecular flexibility index (Phi) is 3.40. The van der Waals surface area contributed by atoms with E-state index in [-0.39, 0.29) is 5.91 Å². The summed E-state index contributed by atoms with van der Waals surface area (Å²) in [4.78, 5) is 11.2. The normalized spacial score (nSPS) is 20.9. The topological polar surface area (TPSA) is 41.1 Å². The van der Waals surface area contributed by atoms with Crippen molar-refractivity contribution in [3.05, 3.63) is 0 Å². The van der Waals surface area contributed by atoms with Crippen LogP contribution in [-0.4, -0.2) is 25.0 Å². The highest BCUT2D eigenvalue weighted by molar-refractivity contribution is 5.78. The molecule has 2 rings (SSSR count). The summed E-state index contributed by atoms with van der Waals surface area (Å²) in [6, 6.07) is 0.496. The summed E-state index contributed by atoms with van der Waals surface area (Å²) in [5.41, 5.74) is 0. The van der Waals surface area contributed by atoms with Gasteiger partial charge in [-0.2, -0.15) is 0 Å². The third-order valence-electron chi connectivity index (χ3n) is 2.89. The summed E-state index contributed by atoms with van der Waals surface area (Å²) < 4.78 is 0. The Bertz CT molecular complexity index is 197. The number of amides is 1. The molecule has 2 saturated carbocycles. The fourth-order valence-electron chi connectivity index (χ4n) is 1.63. The highest BCUT2D eigenvalue weighted by atomic mass is 16.2. The van der Waals surface area contributed by atoms with Crippen LogP contribution in [0.15, 0.2) is 0 Å². The highest BCUT2D eigenvalue weighted by Gasteiger charge is 2.23. The van der Waals surface area contributed by atoms with E-state index >= 15 is 0 Å². The highest BCUT2D eigenvalue weighted by Crippen LogP contribution is 2.33. The third kappa shape index (κ3) is 4.09. The van der Waals surface area contributed by atoms with Crippen LogP contribution < -0.4 is 10.6 Å². The molecule has 0 atom stereocenters. The van der Waals surface area contributed by atoms with E-state index < -0.39 is 0 Å². The van der Waals surface area contributed by atoms with Gasteiger partial charge in [-0.1, -0.05) is 12.8 Å². The van der Waals surface area contributed by atoms with Gasteiger partial charge in [0.15, 0.2) is 0 Å². The molecule has 2 N–H and O–H groups in total. The molecule has 14 heavy (non-hydrogen) atoms. The molecule has 0 aromatic carbocycles. The summed E-state index contributed by atoms with van der Waals surface area (Å²) in [5, 5.41) is 6.15. The zero-order chi connectivity index (χ0) is 9.80. The minimum Gasteiger partial charge on any atom is -0.352 e. The molecule has 2 aliphatic carbocycles. The van der Waals surface area contributed by atoms with Gasteiger partial charge in [-0.25, -0.2) is 0 Å². The molecule has 0 aromatic heterocycles. The lowest BCUT2D eigenvalue weighted by atomic mass is 10.2. The minimum absolute atomic E-state index is 0.166. The van der Waals surface area contributed by atoms with Gasteiger partial charge in [-0.05, 0) is 38.1 Å². The van der Waals surface area contributed by atoms with Crippen molar-refractivity contribution in [3.63, 3.8) is 0 Å². The predicted molar refractivity (Wildman–Crippen MR) is 56.0 cm³/mol. The fraction of sp³-hybridized carbons (Fsp3) is 0.909. The Labute approximate surface area is 85.6 Å². The lowest BCUT2D eigenvalue weighted by Crippen LogP contribution is -2.35. The number of carbonyl (C=O) groups excluding carboxylic acids is 1. The molecule has 2 fully saturated rings. The van der Waals surface area contributed by atoms with Gasteiger partial charge in [-0.3, -0.25) is 4.79 Å². The maximum atomic E-state index is 11.2. The second kappa shape index (κ2) is 4.78. The van der Waals surface area contributed by atoms with Crippen molar-refractivity contribution in [2.24, 2.45) is 5.92 Å². The lowest BCUT2D eigenvalue weighted by Gasteiger charge is -2.04. The largest absolute Gasteiger partial charge is 0.352 e. The Morgan fingerprint density at radius 2 is 2.00 bits per heavy atom. The van der Waals surface area contributed by atoms with Crippen LogP contribution >= 0.6 is 0 Å². The summed E-state index contributed by atoms with van der Waals surface area (Å²) in [7, 11) is 0. The molecule has 0 aromatic rings. The standard InChI is InChI=1S/C11H20N2O/c14-11(13-10-5-6-10)8-12-7-1-2-9-3-4-9/h9-10,12H,1-8H2,(H,13,14). The SMILES string of the molecule is O=C(CNCCCC1CC1)NC1CC1. The number of hydrogen-bond acceptors (Lipinski definition) is 2. The van der Waals surface area contributed by atoms with Crippen LogP contribution in [0.2, 0.25) is 0 Å². The Morgan fingerprint density at radius 3 is 2.64 bits per heavy atom. The van der Waals surface area contributed by atoms with Crippen LogP contribution in [0.1, 0.15) is 38.5 Å². The van der Waals surface area contributed by atoms with Crippen molar-refractivity contribution in [1.82, 2.24) is 10.6 Å². The van der Waals surface area contributed by atoms with Crippen LogP contribution in [0.5, 0.6) is 0 Å². The van der Waals surface area contributed by atoms with E-state index in [1.165, 1.54) is 38.5 Å². The van der Waals surface area contributed by atoms with Gasteiger partial charge in [0.1, 0.15) is 0 Å². The van der Waals surface area contributed by atoms with Gasteiger partial charge in [0.05, 0.1) is 6.54 Å². The molecule has 2 aliphatic rings. The van der Waals surface area contributed by atoms with Gasteiger partial charge in [0.25, 0.3) is 0 Å². The molecule has 0 aliphatic heterocycles. The Balaban J connectivity index is 1.39. The van der Waals surface area contributed by atoms with Crippen molar-refractivity contribution >= 4 is 5.91 Å². The van der Waals surface area contributed by atoms with Gasteiger partial charge in [-0.15, -0.1) is 0 Å².